The Morgan fingerprint density at radius 1 is 0.594 bits per heavy atom. The topological polar surface area (TPSA) is 84.2 Å². The monoisotopic (exact) mass is 458 g/mol. The molecule has 0 saturated carbocycles. The summed E-state index contributed by atoms with van der Waals surface area (Å²) in [4.78, 5) is 29.2. The Morgan fingerprint density at radius 2 is 0.906 bits per heavy atom. The van der Waals surface area contributed by atoms with E-state index in [-0.39, 0.29) is 10.7 Å². The van der Waals surface area contributed by atoms with E-state index in [1.54, 1.807) is 0 Å². The number of alkyl halides is 6. The van der Waals surface area contributed by atoms with E-state index in [4.69, 9.17) is 0 Å². The van der Waals surface area contributed by atoms with Crippen molar-refractivity contribution >= 4 is 12.2 Å². The lowest BCUT2D eigenvalue weighted by Gasteiger charge is -2.08. The number of aromatic nitrogens is 2. The summed E-state index contributed by atoms with van der Waals surface area (Å²) in [6.07, 6.45) is -7.20. The Hall–Kier alpha value is -3.96. The summed E-state index contributed by atoms with van der Waals surface area (Å²) in [5.74, 6) is -0.901. The molecule has 2 N–H and O–H groups in total. The van der Waals surface area contributed by atoms with Crippen molar-refractivity contribution in [2.75, 3.05) is 0 Å². The molecule has 0 aliphatic rings. The van der Waals surface area contributed by atoms with E-state index in [0.717, 1.165) is 24.3 Å². The zero-order chi connectivity index (χ0) is 23.5. The maximum Gasteiger partial charge on any atom is 0.573 e. The van der Waals surface area contributed by atoms with Gasteiger partial charge in [-0.05, 0) is 47.5 Å². The molecular formula is C20H12F6N2O4. The Kier molecular flexibility index (Phi) is 6.14. The van der Waals surface area contributed by atoms with Gasteiger partial charge >= 0.3 is 12.7 Å². The van der Waals surface area contributed by atoms with Gasteiger partial charge in [0.15, 0.2) is 0 Å². The number of hydrogen-bond acceptors (Lipinski definition) is 4. The predicted octanol–water partition coefficient (Wildman–Crippen LogP) is 2.52. The Bertz CT molecular complexity index is 1220. The zero-order valence-corrected chi connectivity index (χ0v) is 15.7. The molecule has 3 aromatic rings. The summed E-state index contributed by atoms with van der Waals surface area (Å²) in [6, 6.07) is 9.18. The van der Waals surface area contributed by atoms with Crippen LogP contribution in [0.3, 0.4) is 0 Å². The van der Waals surface area contributed by atoms with Gasteiger partial charge in [-0.1, -0.05) is 24.3 Å². The van der Waals surface area contributed by atoms with Crippen molar-refractivity contribution in [1.82, 2.24) is 9.97 Å². The minimum atomic E-state index is -4.84. The van der Waals surface area contributed by atoms with Crippen LogP contribution in [0.15, 0.2) is 58.1 Å². The van der Waals surface area contributed by atoms with Crippen molar-refractivity contribution < 1.29 is 35.8 Å². The van der Waals surface area contributed by atoms with Gasteiger partial charge in [-0.2, -0.15) is 0 Å². The van der Waals surface area contributed by atoms with E-state index in [1.165, 1.54) is 36.4 Å². The smallest absolute Gasteiger partial charge is 0.406 e. The molecule has 0 saturated heterocycles. The lowest BCUT2D eigenvalue weighted by molar-refractivity contribution is -0.275. The first-order valence-corrected chi connectivity index (χ1v) is 8.66. The van der Waals surface area contributed by atoms with E-state index in [9.17, 15) is 35.9 Å². The highest BCUT2D eigenvalue weighted by Gasteiger charge is 2.31. The number of halogens is 6. The Morgan fingerprint density at radius 3 is 1.19 bits per heavy atom. The van der Waals surface area contributed by atoms with Gasteiger partial charge in [0.1, 0.15) is 22.2 Å². The quantitative estimate of drug-likeness (QED) is 0.589. The molecule has 168 valence electrons. The summed E-state index contributed by atoms with van der Waals surface area (Å²) in [7, 11) is 0. The van der Waals surface area contributed by atoms with Crippen LogP contribution in [-0.2, 0) is 0 Å². The van der Waals surface area contributed by atoms with Crippen molar-refractivity contribution in [2.45, 2.75) is 12.7 Å². The SMILES string of the molecule is O=c1[nH]/c(=C/c2ccc(OC(F)(F)F)cc2)c(=O)[nH]/c1=C\c1ccc(OC(F)(F)F)cc1. The average molecular weight is 458 g/mol. The van der Waals surface area contributed by atoms with Crippen molar-refractivity contribution in [1.29, 1.82) is 0 Å². The highest BCUT2D eigenvalue weighted by molar-refractivity contribution is 5.51. The van der Waals surface area contributed by atoms with Gasteiger partial charge in [-0.3, -0.25) is 9.59 Å². The number of H-pyrrole nitrogens is 2. The van der Waals surface area contributed by atoms with Gasteiger partial charge in [0.2, 0.25) is 0 Å². The second kappa shape index (κ2) is 8.65. The second-order valence-electron chi connectivity index (χ2n) is 6.26. The van der Waals surface area contributed by atoms with Crippen LogP contribution in [0.25, 0.3) is 12.2 Å². The third-order valence-electron chi connectivity index (χ3n) is 3.84. The summed E-state index contributed by atoms with van der Waals surface area (Å²) in [6.45, 7) is 0. The van der Waals surface area contributed by atoms with E-state index in [0.29, 0.717) is 11.1 Å². The number of benzene rings is 2. The van der Waals surface area contributed by atoms with Crippen molar-refractivity contribution in [3.8, 4) is 11.5 Å². The van der Waals surface area contributed by atoms with Crippen molar-refractivity contribution in [2.24, 2.45) is 0 Å². The fourth-order valence-electron chi connectivity index (χ4n) is 2.56. The fourth-order valence-corrected chi connectivity index (χ4v) is 2.56. The third kappa shape index (κ3) is 6.52. The van der Waals surface area contributed by atoms with Gasteiger partial charge in [0.05, 0.1) is 0 Å². The highest BCUT2D eigenvalue weighted by atomic mass is 19.4. The summed E-state index contributed by atoms with van der Waals surface area (Å²) in [5.41, 5.74) is -0.776. The van der Waals surface area contributed by atoms with Crippen molar-refractivity contribution in [3.63, 3.8) is 0 Å². The lowest BCUT2D eigenvalue weighted by atomic mass is 10.2. The summed E-state index contributed by atoms with van der Waals surface area (Å²) in [5, 5.41) is -0.323. The predicted molar refractivity (Wildman–Crippen MR) is 100 cm³/mol. The Balaban J connectivity index is 1.88. The molecule has 2 aromatic carbocycles. The van der Waals surface area contributed by atoms with E-state index >= 15 is 0 Å². The third-order valence-corrected chi connectivity index (χ3v) is 3.84. The minimum absolute atomic E-state index is 0.162. The minimum Gasteiger partial charge on any atom is -0.406 e. The largest absolute Gasteiger partial charge is 0.573 e. The van der Waals surface area contributed by atoms with Crippen LogP contribution in [0.4, 0.5) is 26.3 Å². The van der Waals surface area contributed by atoms with Crippen LogP contribution in [0.5, 0.6) is 11.5 Å². The molecule has 32 heavy (non-hydrogen) atoms. The van der Waals surface area contributed by atoms with Crippen LogP contribution < -0.4 is 31.3 Å². The lowest BCUT2D eigenvalue weighted by Crippen LogP contribution is -2.46. The van der Waals surface area contributed by atoms with E-state index in [2.05, 4.69) is 19.4 Å². The molecule has 0 atom stereocenters. The van der Waals surface area contributed by atoms with Gasteiger partial charge < -0.3 is 19.4 Å². The molecule has 12 heteroatoms. The van der Waals surface area contributed by atoms with Crippen LogP contribution in [-0.4, -0.2) is 22.7 Å². The molecule has 0 fully saturated rings. The molecule has 1 aromatic heterocycles. The van der Waals surface area contributed by atoms with Gasteiger partial charge in [-0.25, -0.2) is 0 Å². The highest BCUT2D eigenvalue weighted by Crippen LogP contribution is 2.23. The molecule has 3 rings (SSSR count). The van der Waals surface area contributed by atoms with Crippen molar-refractivity contribution in [3.05, 3.63) is 91.1 Å². The fraction of sp³-hybridized carbons (Fsp3) is 0.100. The molecule has 0 bridgehead atoms. The van der Waals surface area contributed by atoms with Crippen LogP contribution in [0.1, 0.15) is 11.1 Å². The number of rotatable bonds is 4. The number of aromatic amines is 2. The van der Waals surface area contributed by atoms with E-state index < -0.39 is 35.3 Å². The number of nitrogens with one attached hydrogen (secondary N) is 2. The molecule has 0 aliphatic heterocycles. The zero-order valence-electron chi connectivity index (χ0n) is 15.7. The average Bonchev–Trinajstić information content (AvgIpc) is 2.66. The number of hydrogen-bond donors (Lipinski definition) is 2. The molecule has 0 amide bonds. The number of ether oxygens (including phenoxy) is 2. The molecule has 1 heterocycles. The maximum atomic E-state index is 12.3. The maximum absolute atomic E-state index is 12.3. The van der Waals surface area contributed by atoms with Gasteiger partial charge in [-0.15, -0.1) is 26.3 Å². The normalized spacial score (nSPS) is 13.3. The summed E-state index contributed by atoms with van der Waals surface area (Å²) < 4.78 is 80.7. The van der Waals surface area contributed by atoms with Crippen LogP contribution in [0, 0.1) is 0 Å². The molecule has 0 spiro atoms. The standard InChI is InChI=1S/C20H12F6N2O4/c21-19(22,23)31-13-5-1-11(2-6-13)9-15-17(29)28-16(18(30)27-15)10-12-3-7-14(8-4-12)32-20(24,25)26/h1-10H,(H,27,30)(H,28,29)/b15-9-,16-10+. The first kappa shape index (κ1) is 22.7. The first-order valence-electron chi connectivity index (χ1n) is 8.66. The first-order chi connectivity index (χ1) is 14.9. The molecule has 0 radical (unpaired) electrons. The van der Waals surface area contributed by atoms with Crippen LogP contribution in [0.2, 0.25) is 0 Å². The second-order valence-corrected chi connectivity index (χ2v) is 6.26. The molecular weight excluding hydrogens is 446 g/mol. The van der Waals surface area contributed by atoms with E-state index in [1.807, 2.05) is 0 Å². The molecule has 0 unspecified atom stereocenters. The Labute approximate surface area is 174 Å². The van der Waals surface area contributed by atoms with Gasteiger partial charge in [0, 0.05) is 0 Å². The van der Waals surface area contributed by atoms with Gasteiger partial charge in [0.25, 0.3) is 11.1 Å². The molecule has 6 nitrogen and oxygen atoms in total. The summed E-state index contributed by atoms with van der Waals surface area (Å²) >= 11 is 0. The molecule has 0 aliphatic carbocycles. The van der Waals surface area contributed by atoms with Crippen LogP contribution >= 0.6 is 0 Å².